The van der Waals surface area contributed by atoms with Crippen LogP contribution in [0.1, 0.15) is 11.1 Å². The summed E-state index contributed by atoms with van der Waals surface area (Å²) in [5, 5.41) is 6.93. The molecule has 0 N–H and O–H groups in total. The van der Waals surface area contributed by atoms with Crippen molar-refractivity contribution in [3.8, 4) is 33.6 Å². The lowest BCUT2D eigenvalue weighted by atomic mass is 9.84. The van der Waals surface area contributed by atoms with Gasteiger partial charge in [0, 0.05) is 90.2 Å². The average molecular weight is 1030 g/mol. The number of rotatable bonds is 10. The molecule has 0 unspecified atom stereocenters. The lowest BCUT2D eigenvalue weighted by Crippen LogP contribution is -2.09. The molecular formula is C74H52N6. The number of anilines is 6. The van der Waals surface area contributed by atoms with Crippen LogP contribution in [-0.2, 0) is 0 Å². The van der Waals surface area contributed by atoms with Gasteiger partial charge in [0.25, 0.3) is 0 Å². The maximum atomic E-state index is 5.05. The van der Waals surface area contributed by atoms with Crippen molar-refractivity contribution in [2.24, 2.45) is 0 Å². The molecule has 0 aliphatic heterocycles. The Kier molecular flexibility index (Phi) is 11.2. The second-order valence-electron chi connectivity index (χ2n) is 20.7. The van der Waals surface area contributed by atoms with Gasteiger partial charge < -0.3 is 18.9 Å². The molecule has 4 heterocycles. The lowest BCUT2D eigenvalue weighted by Gasteiger charge is -2.25. The van der Waals surface area contributed by atoms with Crippen LogP contribution in [0.25, 0.3) is 99.0 Å². The van der Waals surface area contributed by atoms with Crippen molar-refractivity contribution in [2.75, 3.05) is 9.80 Å². The monoisotopic (exact) mass is 1020 g/mol. The van der Waals surface area contributed by atoms with Gasteiger partial charge in [0.2, 0.25) is 0 Å². The van der Waals surface area contributed by atoms with Crippen LogP contribution in [0.4, 0.5) is 34.1 Å². The van der Waals surface area contributed by atoms with Gasteiger partial charge in [-0.05, 0) is 181 Å². The Morgan fingerprint density at radius 2 is 0.613 bits per heavy atom. The van der Waals surface area contributed by atoms with E-state index in [-0.39, 0.29) is 0 Å². The zero-order chi connectivity index (χ0) is 53.3. The average Bonchev–Trinajstić information content (AvgIpc) is 4.07. The van der Waals surface area contributed by atoms with E-state index in [2.05, 4.69) is 300 Å². The first-order chi connectivity index (χ1) is 39.6. The molecule has 0 bridgehead atoms. The second-order valence-corrected chi connectivity index (χ2v) is 20.7. The first kappa shape index (κ1) is 46.7. The first-order valence-electron chi connectivity index (χ1n) is 27.3. The Labute approximate surface area is 464 Å². The van der Waals surface area contributed by atoms with E-state index in [9.17, 15) is 0 Å². The number of hydrogen-bond donors (Lipinski definition) is 0. The predicted molar refractivity (Wildman–Crippen MR) is 335 cm³/mol. The number of hydrogen-bond acceptors (Lipinski definition) is 4. The molecule has 80 heavy (non-hydrogen) atoms. The zero-order valence-corrected chi connectivity index (χ0v) is 44.2. The summed E-state index contributed by atoms with van der Waals surface area (Å²) < 4.78 is 4.85. The van der Waals surface area contributed by atoms with Crippen molar-refractivity contribution < 1.29 is 0 Å². The quantitative estimate of drug-likeness (QED) is 0.128. The van der Waals surface area contributed by atoms with Crippen LogP contribution in [0.2, 0.25) is 0 Å². The minimum atomic E-state index is 0.889. The molecular weight excluding hydrogens is 973 g/mol. The van der Waals surface area contributed by atoms with E-state index < -0.39 is 0 Å². The third kappa shape index (κ3) is 7.64. The molecule has 0 saturated carbocycles. The van der Waals surface area contributed by atoms with E-state index in [1.807, 2.05) is 12.4 Å². The maximum Gasteiger partial charge on any atom is 0.0971 e. The molecule has 6 nitrogen and oxygen atoms in total. The SMILES string of the molecule is Cc1cc(-n2c3ccccc3c3cc(N(c4ccccc4)c4ccccc4)ccc32)ccc1-c1c(-c2ccc(-n3c4ccccc4c4cc(N(c5ccccc5)c5ccccc5)ccc43)cc2C)c2cccnc2c2ncccc12. The smallest absolute Gasteiger partial charge is 0.0971 e. The van der Waals surface area contributed by atoms with Crippen molar-refractivity contribution in [3.63, 3.8) is 0 Å². The largest absolute Gasteiger partial charge is 0.310 e. The Morgan fingerprint density at radius 3 is 0.988 bits per heavy atom. The number of benzene rings is 11. The van der Waals surface area contributed by atoms with Gasteiger partial charge in [-0.3, -0.25) is 9.97 Å². The maximum absolute atomic E-state index is 5.05. The number of nitrogens with zero attached hydrogens (tertiary/aromatic N) is 6. The van der Waals surface area contributed by atoms with Crippen molar-refractivity contribution in [2.45, 2.75) is 13.8 Å². The van der Waals surface area contributed by atoms with E-state index in [0.717, 1.165) is 123 Å². The fourth-order valence-electron chi connectivity index (χ4n) is 12.5. The predicted octanol–water partition coefficient (Wildman–Crippen LogP) is 19.9. The van der Waals surface area contributed by atoms with Gasteiger partial charge in [0.1, 0.15) is 0 Å². The topological polar surface area (TPSA) is 42.1 Å². The standard InChI is InChI=1S/C74H52N6/c1-49-45-55(79-67-33-17-15-29-61(67)65-47-57(37-41-69(65)79)77(51-21-7-3-8-22-51)52-23-9-4-10-24-52)35-39-59(49)71-63-31-19-43-75-73(63)74-64(32-20-44-76-74)72(71)60-40-36-56(46-50(60)2)80-68-34-18-16-30-62(68)66-48-58(38-42-70(66)80)78(53-25-11-5-12-26-53)54-27-13-6-14-28-54/h3-48H,1-2H3. The van der Waals surface area contributed by atoms with Crippen LogP contribution in [0.3, 0.4) is 0 Å². The summed E-state index contributed by atoms with van der Waals surface area (Å²) in [6, 6.07) is 96.3. The molecule has 0 spiro atoms. The molecule has 0 radical (unpaired) electrons. The molecule has 0 saturated heterocycles. The summed E-state index contributed by atoms with van der Waals surface area (Å²) in [5.41, 5.74) is 22.2. The minimum absolute atomic E-state index is 0.889. The van der Waals surface area contributed by atoms with E-state index in [0.29, 0.717) is 0 Å². The molecule has 0 amide bonds. The highest BCUT2D eigenvalue weighted by atomic mass is 15.1. The molecule has 0 fully saturated rings. The number of aromatic nitrogens is 4. The van der Waals surface area contributed by atoms with Crippen molar-refractivity contribution in [1.29, 1.82) is 0 Å². The first-order valence-corrected chi connectivity index (χ1v) is 27.3. The highest BCUT2D eigenvalue weighted by Crippen LogP contribution is 2.48. The van der Waals surface area contributed by atoms with Gasteiger partial charge in [-0.2, -0.15) is 0 Å². The molecule has 6 heteroatoms. The lowest BCUT2D eigenvalue weighted by molar-refractivity contribution is 1.17. The summed E-state index contributed by atoms with van der Waals surface area (Å²) in [5.74, 6) is 0. The highest BCUT2D eigenvalue weighted by Gasteiger charge is 2.24. The van der Waals surface area contributed by atoms with Gasteiger partial charge >= 0.3 is 0 Å². The number of para-hydroxylation sites is 6. The fourth-order valence-corrected chi connectivity index (χ4v) is 12.5. The third-order valence-corrected chi connectivity index (χ3v) is 16.0. The van der Waals surface area contributed by atoms with E-state index in [1.54, 1.807) is 0 Å². The van der Waals surface area contributed by atoms with Gasteiger partial charge in [-0.1, -0.05) is 133 Å². The zero-order valence-electron chi connectivity index (χ0n) is 44.2. The Hall–Kier alpha value is -10.6. The molecule has 15 rings (SSSR count). The molecule has 0 atom stereocenters. The molecule has 0 aliphatic rings. The fraction of sp³-hybridized carbons (Fsp3) is 0.0270. The van der Waals surface area contributed by atoms with Gasteiger partial charge in [0.15, 0.2) is 0 Å². The van der Waals surface area contributed by atoms with Gasteiger partial charge in [-0.15, -0.1) is 0 Å². The molecule has 378 valence electrons. The number of fused-ring (bicyclic) bond motifs is 9. The normalized spacial score (nSPS) is 11.6. The van der Waals surface area contributed by atoms with Crippen molar-refractivity contribution in [1.82, 2.24) is 19.1 Å². The van der Waals surface area contributed by atoms with Gasteiger partial charge in [-0.25, -0.2) is 0 Å². The molecule has 11 aromatic carbocycles. The van der Waals surface area contributed by atoms with E-state index >= 15 is 0 Å². The van der Waals surface area contributed by atoms with Gasteiger partial charge in [0.05, 0.1) is 33.1 Å². The van der Waals surface area contributed by atoms with E-state index in [1.165, 1.54) is 21.5 Å². The number of aryl methyl sites for hydroxylation is 2. The van der Waals surface area contributed by atoms with Crippen LogP contribution in [0.15, 0.2) is 279 Å². The summed E-state index contributed by atoms with van der Waals surface area (Å²) in [6.07, 6.45) is 3.77. The highest BCUT2D eigenvalue weighted by molar-refractivity contribution is 6.20. The summed E-state index contributed by atoms with van der Waals surface area (Å²) in [7, 11) is 0. The summed E-state index contributed by atoms with van der Waals surface area (Å²) in [4.78, 5) is 14.8. The van der Waals surface area contributed by atoms with Crippen molar-refractivity contribution in [3.05, 3.63) is 290 Å². The Morgan fingerprint density at radius 1 is 0.275 bits per heavy atom. The van der Waals surface area contributed by atoms with E-state index in [4.69, 9.17) is 9.97 Å². The van der Waals surface area contributed by atoms with Crippen LogP contribution < -0.4 is 9.80 Å². The van der Waals surface area contributed by atoms with Crippen LogP contribution >= 0.6 is 0 Å². The minimum Gasteiger partial charge on any atom is -0.310 e. The molecule has 0 aliphatic carbocycles. The van der Waals surface area contributed by atoms with Crippen molar-refractivity contribution >= 4 is 99.5 Å². The molecule has 15 aromatic rings. The van der Waals surface area contributed by atoms with Crippen LogP contribution in [0, 0.1) is 13.8 Å². The Bertz CT molecular complexity index is 4460. The molecule has 4 aromatic heterocycles. The second kappa shape index (κ2) is 19.2. The van der Waals surface area contributed by atoms with Crippen LogP contribution in [-0.4, -0.2) is 19.1 Å². The van der Waals surface area contributed by atoms with Crippen LogP contribution in [0.5, 0.6) is 0 Å². The Balaban J connectivity index is 0.874. The third-order valence-electron chi connectivity index (χ3n) is 16.0. The summed E-state index contributed by atoms with van der Waals surface area (Å²) >= 11 is 0. The summed E-state index contributed by atoms with van der Waals surface area (Å²) in [6.45, 7) is 4.51. The number of pyridine rings is 2.